The maximum Gasteiger partial charge on any atom is 0.332 e. The molecule has 0 aromatic carbocycles. The average molecular weight is 313 g/mol. The Bertz CT molecular complexity index is 559. The molecule has 1 rings (SSSR count). The fourth-order valence-electron chi connectivity index (χ4n) is 1.52. The Morgan fingerprint density at radius 3 is 2.18 bits per heavy atom. The molecule has 2 atom stereocenters. The van der Waals surface area contributed by atoms with Crippen molar-refractivity contribution in [2.45, 2.75) is 25.2 Å². The Hall–Kier alpha value is -2.20. The minimum absolute atomic E-state index is 0.102. The summed E-state index contributed by atoms with van der Waals surface area (Å²) in [5.41, 5.74) is -0.261. The molecule has 0 aliphatic rings. The molecular weight excluding hydrogens is 298 g/mol. The molecule has 0 spiro atoms. The molecule has 9 nitrogen and oxygen atoms in total. The van der Waals surface area contributed by atoms with Gasteiger partial charge in [-0.3, -0.25) is 9.59 Å². The average Bonchev–Trinajstić information content (AvgIpc) is 2.47. The maximum absolute atomic E-state index is 11.8. The number of Topliss-reactive ketones (excluding diaryl/α,β-unsaturated/α-hetero) is 2. The molecule has 22 heavy (non-hydrogen) atoms. The highest BCUT2D eigenvalue weighted by atomic mass is 17.2. The third kappa shape index (κ3) is 5.30. The van der Waals surface area contributed by atoms with Crippen molar-refractivity contribution >= 4 is 17.5 Å². The second-order valence-electron chi connectivity index (χ2n) is 4.23. The van der Waals surface area contributed by atoms with Crippen LogP contribution in [0.2, 0.25) is 0 Å². The minimum Gasteiger partial charge on any atom is -0.479 e. The first-order valence-corrected chi connectivity index (χ1v) is 6.17. The van der Waals surface area contributed by atoms with Crippen LogP contribution in [0.4, 0.5) is 0 Å². The van der Waals surface area contributed by atoms with Crippen LogP contribution in [0.1, 0.15) is 33.8 Å². The number of aliphatic hydroxyl groups is 2. The summed E-state index contributed by atoms with van der Waals surface area (Å²) in [5.74, 6) is -2.85. The van der Waals surface area contributed by atoms with Gasteiger partial charge in [0.05, 0.1) is 13.5 Å². The third-order valence-corrected chi connectivity index (χ3v) is 2.55. The number of hydrogen-bond acceptors (Lipinski definition) is 8. The van der Waals surface area contributed by atoms with Crippen LogP contribution in [-0.2, 0) is 14.6 Å². The first kappa shape index (κ1) is 17.9. The van der Waals surface area contributed by atoms with Crippen molar-refractivity contribution in [3.63, 3.8) is 0 Å². The Morgan fingerprint density at radius 1 is 1.14 bits per heavy atom. The van der Waals surface area contributed by atoms with Crippen molar-refractivity contribution in [3.8, 4) is 0 Å². The zero-order valence-electron chi connectivity index (χ0n) is 11.6. The summed E-state index contributed by atoms with van der Waals surface area (Å²) in [6, 6.07) is 3.99. The summed E-state index contributed by atoms with van der Waals surface area (Å²) < 4.78 is 0. The molecule has 0 aliphatic heterocycles. The van der Waals surface area contributed by atoms with Crippen LogP contribution in [0.5, 0.6) is 0 Å². The smallest absolute Gasteiger partial charge is 0.332 e. The Kier molecular flexibility index (Phi) is 6.73. The van der Waals surface area contributed by atoms with Gasteiger partial charge >= 0.3 is 5.97 Å². The zero-order chi connectivity index (χ0) is 16.7. The molecule has 0 saturated carbocycles. The second kappa shape index (κ2) is 8.29. The van der Waals surface area contributed by atoms with Gasteiger partial charge in [0.25, 0.3) is 0 Å². The topological polar surface area (TPSA) is 143 Å². The lowest BCUT2D eigenvalue weighted by Crippen LogP contribution is -2.24. The van der Waals surface area contributed by atoms with E-state index >= 15 is 0 Å². The first-order valence-electron chi connectivity index (χ1n) is 6.17. The van der Waals surface area contributed by atoms with Gasteiger partial charge < -0.3 is 15.3 Å². The van der Waals surface area contributed by atoms with Crippen molar-refractivity contribution in [2.75, 3.05) is 7.11 Å². The summed E-state index contributed by atoms with van der Waals surface area (Å²) in [5, 5.41) is 27.0. The van der Waals surface area contributed by atoms with E-state index in [1.807, 2.05) is 0 Å². The van der Waals surface area contributed by atoms with Gasteiger partial charge in [-0.2, -0.15) is 0 Å². The number of carbonyl (C=O) groups is 3. The number of aliphatic hydroxyl groups excluding tert-OH is 2. The van der Waals surface area contributed by atoms with Gasteiger partial charge in [-0.05, 0) is 12.1 Å². The number of hydrogen-bond donors (Lipinski definition) is 3. The number of aliphatic carboxylic acids is 1. The molecular formula is C13H15NO8. The summed E-state index contributed by atoms with van der Waals surface area (Å²) in [6.07, 6.45) is -4.41. The molecule has 3 N–H and O–H groups in total. The maximum atomic E-state index is 11.8. The number of aromatic nitrogens is 1. The van der Waals surface area contributed by atoms with E-state index in [9.17, 15) is 19.5 Å². The molecule has 1 aromatic heterocycles. The van der Waals surface area contributed by atoms with Crippen molar-refractivity contribution < 1.29 is 39.5 Å². The molecule has 0 radical (unpaired) electrons. The molecule has 2 unspecified atom stereocenters. The van der Waals surface area contributed by atoms with Crippen LogP contribution in [0, 0.1) is 0 Å². The summed E-state index contributed by atoms with van der Waals surface area (Å²) in [7, 11) is 1.17. The molecule has 120 valence electrons. The van der Waals surface area contributed by atoms with Crippen LogP contribution in [0.25, 0.3) is 0 Å². The molecule has 1 heterocycles. The molecule has 1 aromatic rings. The lowest BCUT2D eigenvalue weighted by atomic mass is 10.1. The number of rotatable bonds is 9. The van der Waals surface area contributed by atoms with Gasteiger partial charge in [-0.15, -0.1) is 0 Å². The van der Waals surface area contributed by atoms with E-state index in [0.29, 0.717) is 0 Å². The summed E-state index contributed by atoms with van der Waals surface area (Å²) >= 11 is 0. The first-order chi connectivity index (χ1) is 10.3. The monoisotopic (exact) mass is 313 g/mol. The van der Waals surface area contributed by atoms with Gasteiger partial charge in [0, 0.05) is 6.42 Å². The fourth-order valence-corrected chi connectivity index (χ4v) is 1.52. The van der Waals surface area contributed by atoms with E-state index in [2.05, 4.69) is 14.8 Å². The molecule has 0 fully saturated rings. The fraction of sp³-hybridized carbons (Fsp3) is 0.385. The number of carboxylic acid groups (broad SMARTS) is 1. The van der Waals surface area contributed by atoms with E-state index in [4.69, 9.17) is 10.2 Å². The van der Waals surface area contributed by atoms with E-state index < -0.39 is 42.8 Å². The lowest BCUT2D eigenvalue weighted by molar-refractivity contribution is -0.351. The van der Waals surface area contributed by atoms with E-state index in [-0.39, 0.29) is 11.4 Å². The number of pyridine rings is 1. The number of ketones is 2. The van der Waals surface area contributed by atoms with E-state index in [1.165, 1.54) is 25.3 Å². The van der Waals surface area contributed by atoms with Crippen molar-refractivity contribution in [3.05, 3.63) is 29.6 Å². The molecule has 0 aliphatic carbocycles. The summed E-state index contributed by atoms with van der Waals surface area (Å²) in [6.45, 7) is 0. The van der Waals surface area contributed by atoms with Crippen LogP contribution < -0.4 is 0 Å². The number of carbonyl (C=O) groups excluding carboxylic acids is 2. The van der Waals surface area contributed by atoms with Gasteiger partial charge in [0.15, 0.2) is 24.0 Å². The number of nitrogens with zero attached hydrogens (tertiary/aromatic N) is 1. The Balaban J connectivity index is 2.79. The van der Waals surface area contributed by atoms with E-state index in [1.54, 1.807) is 0 Å². The molecule has 9 heteroatoms. The zero-order valence-corrected chi connectivity index (χ0v) is 11.6. The van der Waals surface area contributed by atoms with E-state index in [0.717, 1.165) is 0 Å². The lowest BCUT2D eigenvalue weighted by Gasteiger charge is -2.08. The van der Waals surface area contributed by atoms with Gasteiger partial charge in [0.1, 0.15) is 11.4 Å². The third-order valence-electron chi connectivity index (χ3n) is 2.55. The van der Waals surface area contributed by atoms with Gasteiger partial charge in [-0.25, -0.2) is 19.6 Å². The quantitative estimate of drug-likeness (QED) is 0.239. The van der Waals surface area contributed by atoms with Gasteiger partial charge in [0.2, 0.25) is 0 Å². The minimum atomic E-state index is -1.84. The second-order valence-corrected chi connectivity index (χ2v) is 4.23. The largest absolute Gasteiger partial charge is 0.479 e. The highest BCUT2D eigenvalue weighted by Crippen LogP contribution is 2.09. The molecule has 0 saturated heterocycles. The normalized spacial score (nSPS) is 13.4. The van der Waals surface area contributed by atoms with Crippen LogP contribution in [0.15, 0.2) is 18.2 Å². The van der Waals surface area contributed by atoms with Crippen molar-refractivity contribution in [1.29, 1.82) is 0 Å². The Labute approximate surface area is 125 Å². The van der Waals surface area contributed by atoms with Crippen molar-refractivity contribution in [1.82, 2.24) is 4.98 Å². The van der Waals surface area contributed by atoms with Crippen LogP contribution >= 0.6 is 0 Å². The van der Waals surface area contributed by atoms with Gasteiger partial charge in [-0.1, -0.05) is 6.07 Å². The predicted molar refractivity (Wildman–Crippen MR) is 69.9 cm³/mol. The SMILES string of the molecule is COOC(O)CC(=O)c1cccc(C(=O)CC(O)C(=O)O)n1. The summed E-state index contributed by atoms with van der Waals surface area (Å²) in [4.78, 5) is 46.4. The predicted octanol–water partition coefficient (Wildman–Crippen LogP) is -0.431. The van der Waals surface area contributed by atoms with Crippen LogP contribution in [0.3, 0.4) is 0 Å². The number of carboxylic acids is 1. The van der Waals surface area contributed by atoms with Crippen molar-refractivity contribution in [2.24, 2.45) is 0 Å². The van der Waals surface area contributed by atoms with Crippen LogP contribution in [-0.4, -0.2) is 57.3 Å². The molecule has 0 amide bonds. The standard InChI is InChI=1S/C13H15NO8/c1-21-22-12(18)6-10(16)8-4-2-3-7(14-8)9(15)5-11(17)13(19)20/h2-4,11-12,17-18H,5-6H2,1H3,(H,19,20). The highest BCUT2D eigenvalue weighted by molar-refractivity contribution is 5.99. The molecule has 0 bridgehead atoms. The Morgan fingerprint density at radius 2 is 1.68 bits per heavy atom. The highest BCUT2D eigenvalue weighted by Gasteiger charge is 2.21.